The Morgan fingerprint density at radius 1 is 1.05 bits per heavy atom. The lowest BCUT2D eigenvalue weighted by Gasteiger charge is -2.42. The van der Waals surface area contributed by atoms with Gasteiger partial charge in [0.25, 0.3) is 0 Å². The van der Waals surface area contributed by atoms with Crippen LogP contribution >= 0.6 is 0 Å². The highest BCUT2D eigenvalue weighted by Crippen LogP contribution is 2.24. The molecule has 1 N–H and O–H groups in total. The number of hydrogen-bond acceptors (Lipinski definition) is 4. The van der Waals surface area contributed by atoms with E-state index in [4.69, 9.17) is 0 Å². The van der Waals surface area contributed by atoms with Crippen LogP contribution in [0, 0.1) is 0 Å². The number of unbranched alkanes of at least 4 members (excludes halogenated alkanes) is 2. The Morgan fingerprint density at radius 3 is 2.33 bits per heavy atom. The molecular formula is C15H30N2O3S. The van der Waals surface area contributed by atoms with Gasteiger partial charge in [0.05, 0.1) is 11.9 Å². The largest absolute Gasteiger partial charge is 0.391 e. The van der Waals surface area contributed by atoms with E-state index in [2.05, 4.69) is 11.8 Å². The highest BCUT2D eigenvalue weighted by Gasteiger charge is 2.33. The van der Waals surface area contributed by atoms with Crippen molar-refractivity contribution in [1.29, 1.82) is 0 Å². The number of aliphatic hydroxyl groups excluding tert-OH is 1. The first-order valence-corrected chi connectivity index (χ1v) is 10.1. The molecule has 2 aliphatic rings. The fraction of sp³-hybridized carbons (Fsp3) is 1.00. The molecule has 21 heavy (non-hydrogen) atoms. The maximum Gasteiger partial charge on any atom is 0.214 e. The molecular weight excluding hydrogens is 288 g/mol. The number of hydrogen-bond donors (Lipinski definition) is 1. The fourth-order valence-corrected chi connectivity index (χ4v) is 5.04. The average Bonchev–Trinajstić information content (AvgIpc) is 2.48. The standard InChI is InChI=1S/C15H30N2O3S/c1-2-3-6-13-21(19,20)17-11-9-16(10-12-17)14-7-4-5-8-15(14)18/h14-15,18H,2-13H2,1H3. The Morgan fingerprint density at radius 2 is 1.71 bits per heavy atom. The van der Waals surface area contributed by atoms with E-state index >= 15 is 0 Å². The first-order valence-electron chi connectivity index (χ1n) is 8.44. The minimum atomic E-state index is -3.08. The summed E-state index contributed by atoms with van der Waals surface area (Å²) in [4.78, 5) is 2.29. The van der Waals surface area contributed by atoms with E-state index in [1.807, 2.05) is 0 Å². The molecule has 6 heteroatoms. The Kier molecular flexibility index (Phi) is 6.47. The summed E-state index contributed by atoms with van der Waals surface area (Å²) in [6.07, 6.45) is 6.79. The molecule has 2 fully saturated rings. The van der Waals surface area contributed by atoms with Gasteiger partial charge in [-0.25, -0.2) is 8.42 Å². The van der Waals surface area contributed by atoms with Crippen LogP contribution in [0.25, 0.3) is 0 Å². The van der Waals surface area contributed by atoms with E-state index in [-0.39, 0.29) is 17.9 Å². The third-order valence-electron chi connectivity index (χ3n) is 4.84. The molecule has 0 aromatic carbocycles. The molecule has 124 valence electrons. The van der Waals surface area contributed by atoms with Crippen LogP contribution in [0.2, 0.25) is 0 Å². The Bertz CT molecular complexity index is 405. The first-order chi connectivity index (χ1) is 10.0. The zero-order valence-electron chi connectivity index (χ0n) is 13.2. The lowest BCUT2D eigenvalue weighted by molar-refractivity contribution is 0.00640. The van der Waals surface area contributed by atoms with Gasteiger partial charge < -0.3 is 5.11 Å². The monoisotopic (exact) mass is 318 g/mol. The Balaban J connectivity index is 1.82. The van der Waals surface area contributed by atoms with Crippen molar-refractivity contribution in [3.8, 4) is 0 Å². The zero-order chi connectivity index (χ0) is 15.3. The third-order valence-corrected chi connectivity index (χ3v) is 6.79. The molecule has 1 aliphatic heterocycles. The maximum atomic E-state index is 12.3. The third kappa shape index (κ3) is 4.65. The summed E-state index contributed by atoms with van der Waals surface area (Å²) in [7, 11) is -3.08. The van der Waals surface area contributed by atoms with Crippen LogP contribution in [0.3, 0.4) is 0 Å². The van der Waals surface area contributed by atoms with E-state index in [9.17, 15) is 13.5 Å². The molecule has 5 nitrogen and oxygen atoms in total. The van der Waals surface area contributed by atoms with Crippen molar-refractivity contribution >= 4 is 10.0 Å². The topological polar surface area (TPSA) is 60.9 Å². The van der Waals surface area contributed by atoms with Gasteiger partial charge in [0.1, 0.15) is 0 Å². The van der Waals surface area contributed by atoms with E-state index in [0.717, 1.165) is 51.6 Å². The van der Waals surface area contributed by atoms with Gasteiger partial charge in [-0.1, -0.05) is 32.6 Å². The van der Waals surface area contributed by atoms with Crippen molar-refractivity contribution in [3.05, 3.63) is 0 Å². The first kappa shape index (κ1) is 17.2. The van der Waals surface area contributed by atoms with E-state index in [1.54, 1.807) is 4.31 Å². The SMILES string of the molecule is CCCCCS(=O)(=O)N1CCN(C2CCCCC2O)CC1. The molecule has 0 spiro atoms. The molecule has 0 amide bonds. The Hall–Kier alpha value is -0.170. The van der Waals surface area contributed by atoms with Gasteiger partial charge in [-0.2, -0.15) is 4.31 Å². The van der Waals surface area contributed by atoms with Crippen LogP contribution in [-0.4, -0.2) is 66.8 Å². The van der Waals surface area contributed by atoms with Crippen LogP contribution in [0.5, 0.6) is 0 Å². The number of piperazine rings is 1. The number of sulfonamides is 1. The van der Waals surface area contributed by atoms with Gasteiger partial charge in [0.15, 0.2) is 0 Å². The molecule has 0 aromatic heterocycles. The van der Waals surface area contributed by atoms with E-state index in [0.29, 0.717) is 13.1 Å². The fourth-order valence-electron chi connectivity index (χ4n) is 3.49. The Labute approximate surface area is 129 Å². The molecule has 0 bridgehead atoms. The molecule has 2 rings (SSSR count). The van der Waals surface area contributed by atoms with Crippen molar-refractivity contribution in [2.75, 3.05) is 31.9 Å². The second-order valence-electron chi connectivity index (χ2n) is 6.38. The van der Waals surface area contributed by atoms with Crippen LogP contribution in [0.15, 0.2) is 0 Å². The van der Waals surface area contributed by atoms with Crippen LogP contribution < -0.4 is 0 Å². The summed E-state index contributed by atoms with van der Waals surface area (Å²) >= 11 is 0. The minimum Gasteiger partial charge on any atom is -0.391 e. The highest BCUT2D eigenvalue weighted by atomic mass is 32.2. The van der Waals surface area contributed by atoms with Crippen LogP contribution in [-0.2, 0) is 10.0 Å². The summed E-state index contributed by atoms with van der Waals surface area (Å²) in [5.41, 5.74) is 0. The zero-order valence-corrected chi connectivity index (χ0v) is 14.0. The summed E-state index contributed by atoms with van der Waals surface area (Å²) in [5, 5.41) is 10.1. The van der Waals surface area contributed by atoms with Crippen LogP contribution in [0.1, 0.15) is 51.9 Å². The maximum absolute atomic E-state index is 12.3. The molecule has 1 saturated carbocycles. The smallest absolute Gasteiger partial charge is 0.214 e. The molecule has 1 heterocycles. The van der Waals surface area contributed by atoms with Crippen molar-refractivity contribution in [2.24, 2.45) is 0 Å². The summed E-state index contributed by atoms with van der Waals surface area (Å²) in [5.74, 6) is 0.285. The normalized spacial score (nSPS) is 29.6. The summed E-state index contributed by atoms with van der Waals surface area (Å²) in [6, 6.07) is 0.240. The predicted octanol–water partition coefficient (Wildman–Crippen LogP) is 1.43. The molecule has 2 atom stereocenters. The second-order valence-corrected chi connectivity index (χ2v) is 8.47. The summed E-state index contributed by atoms with van der Waals surface area (Å²) in [6.45, 7) is 4.76. The lowest BCUT2D eigenvalue weighted by atomic mass is 9.91. The molecule has 2 unspecified atom stereocenters. The lowest BCUT2D eigenvalue weighted by Crippen LogP contribution is -2.55. The molecule has 0 radical (unpaired) electrons. The number of aliphatic hydroxyl groups is 1. The van der Waals surface area contributed by atoms with Gasteiger partial charge in [-0.3, -0.25) is 4.90 Å². The molecule has 1 aliphatic carbocycles. The molecule has 0 aromatic rings. The van der Waals surface area contributed by atoms with Gasteiger partial charge in [0, 0.05) is 32.2 Å². The van der Waals surface area contributed by atoms with Crippen molar-refractivity contribution < 1.29 is 13.5 Å². The van der Waals surface area contributed by atoms with Crippen LogP contribution in [0.4, 0.5) is 0 Å². The van der Waals surface area contributed by atoms with Crippen molar-refractivity contribution in [1.82, 2.24) is 9.21 Å². The average molecular weight is 318 g/mol. The van der Waals surface area contributed by atoms with Gasteiger partial charge in [-0.15, -0.1) is 0 Å². The minimum absolute atomic E-state index is 0.230. The van der Waals surface area contributed by atoms with Gasteiger partial charge in [0.2, 0.25) is 10.0 Å². The number of rotatable bonds is 6. The van der Waals surface area contributed by atoms with Gasteiger partial charge >= 0.3 is 0 Å². The predicted molar refractivity (Wildman–Crippen MR) is 84.7 cm³/mol. The van der Waals surface area contributed by atoms with E-state index < -0.39 is 10.0 Å². The quantitative estimate of drug-likeness (QED) is 0.753. The van der Waals surface area contributed by atoms with Crippen molar-refractivity contribution in [3.63, 3.8) is 0 Å². The summed E-state index contributed by atoms with van der Waals surface area (Å²) < 4.78 is 26.2. The van der Waals surface area contributed by atoms with Gasteiger partial charge in [-0.05, 0) is 19.3 Å². The highest BCUT2D eigenvalue weighted by molar-refractivity contribution is 7.89. The molecule has 1 saturated heterocycles. The van der Waals surface area contributed by atoms with Crippen molar-refractivity contribution in [2.45, 2.75) is 64.0 Å². The van der Waals surface area contributed by atoms with E-state index in [1.165, 1.54) is 6.42 Å². The second kappa shape index (κ2) is 7.90. The number of nitrogens with zero attached hydrogens (tertiary/aromatic N) is 2.